The number of non-ortho nitro benzene ring substituents is 1. The van der Waals surface area contributed by atoms with E-state index in [0.717, 1.165) is 17.5 Å². The second-order valence-electron chi connectivity index (χ2n) is 5.47. The largest absolute Gasteiger partial charge is 0.494 e. The highest BCUT2D eigenvalue weighted by Crippen LogP contribution is 2.26. The fourth-order valence-electron chi connectivity index (χ4n) is 2.26. The van der Waals surface area contributed by atoms with Crippen LogP contribution in [0.1, 0.15) is 6.92 Å². The van der Waals surface area contributed by atoms with Crippen molar-refractivity contribution in [3.63, 3.8) is 0 Å². The van der Waals surface area contributed by atoms with E-state index in [4.69, 9.17) is 9.15 Å². The minimum absolute atomic E-state index is 0.0698. The standard InChI is InChI=1S/C18H16N4O5S/c1-2-26-15-8-6-13(7-9-15)19-16(23)11-28-18-21-20-17(27-18)12-4-3-5-14(10-12)22(24)25/h3-10H,2,11H2,1H3,(H,19,23). The molecule has 9 nitrogen and oxygen atoms in total. The molecule has 0 spiro atoms. The Hall–Kier alpha value is -3.40. The summed E-state index contributed by atoms with van der Waals surface area (Å²) in [5.41, 5.74) is 1.02. The van der Waals surface area contributed by atoms with Gasteiger partial charge in [-0.1, -0.05) is 17.8 Å². The maximum atomic E-state index is 12.1. The monoisotopic (exact) mass is 400 g/mol. The average molecular weight is 400 g/mol. The maximum absolute atomic E-state index is 12.1. The van der Waals surface area contributed by atoms with Gasteiger partial charge in [-0.3, -0.25) is 14.9 Å². The van der Waals surface area contributed by atoms with Crippen molar-refractivity contribution in [1.29, 1.82) is 0 Å². The van der Waals surface area contributed by atoms with Crippen LogP contribution in [0.3, 0.4) is 0 Å². The van der Waals surface area contributed by atoms with Crippen LogP contribution >= 0.6 is 11.8 Å². The van der Waals surface area contributed by atoms with Gasteiger partial charge in [0.25, 0.3) is 10.9 Å². The smallest absolute Gasteiger partial charge is 0.277 e. The van der Waals surface area contributed by atoms with Crippen LogP contribution in [0.15, 0.2) is 58.2 Å². The molecule has 1 aromatic heterocycles. The molecule has 3 aromatic rings. The van der Waals surface area contributed by atoms with Gasteiger partial charge in [-0.05, 0) is 37.3 Å². The second kappa shape index (κ2) is 9.00. The van der Waals surface area contributed by atoms with Crippen LogP contribution in [0, 0.1) is 10.1 Å². The predicted molar refractivity (Wildman–Crippen MR) is 103 cm³/mol. The van der Waals surface area contributed by atoms with Crippen LogP contribution in [-0.4, -0.2) is 33.4 Å². The zero-order valence-corrected chi connectivity index (χ0v) is 15.6. The Kier molecular flexibility index (Phi) is 6.22. The van der Waals surface area contributed by atoms with Gasteiger partial charge in [0.1, 0.15) is 5.75 Å². The lowest BCUT2D eigenvalue weighted by molar-refractivity contribution is -0.384. The summed E-state index contributed by atoms with van der Waals surface area (Å²) in [6, 6.07) is 12.9. The van der Waals surface area contributed by atoms with Crippen molar-refractivity contribution in [2.75, 3.05) is 17.7 Å². The van der Waals surface area contributed by atoms with Gasteiger partial charge in [0.15, 0.2) is 0 Å². The maximum Gasteiger partial charge on any atom is 0.277 e. The number of aromatic nitrogens is 2. The van der Waals surface area contributed by atoms with Gasteiger partial charge >= 0.3 is 0 Å². The van der Waals surface area contributed by atoms with Crippen LogP contribution in [-0.2, 0) is 4.79 Å². The fourth-order valence-corrected chi connectivity index (χ4v) is 2.83. The Labute approximate surface area is 164 Å². The molecule has 0 atom stereocenters. The fraction of sp³-hybridized carbons (Fsp3) is 0.167. The van der Waals surface area contributed by atoms with Crippen molar-refractivity contribution in [1.82, 2.24) is 10.2 Å². The summed E-state index contributed by atoms with van der Waals surface area (Å²) in [5, 5.41) is 21.5. The zero-order chi connectivity index (χ0) is 19.9. The minimum atomic E-state index is -0.499. The van der Waals surface area contributed by atoms with Crippen LogP contribution in [0.4, 0.5) is 11.4 Å². The van der Waals surface area contributed by atoms with Crippen LogP contribution in [0.5, 0.6) is 5.75 Å². The van der Waals surface area contributed by atoms with Crippen molar-refractivity contribution < 1.29 is 18.9 Å². The molecule has 1 amide bonds. The number of hydrogen-bond acceptors (Lipinski definition) is 8. The van der Waals surface area contributed by atoms with E-state index >= 15 is 0 Å². The number of ether oxygens (including phenoxy) is 1. The summed E-state index contributed by atoms with van der Waals surface area (Å²) in [5.74, 6) is 0.723. The lowest BCUT2D eigenvalue weighted by atomic mass is 10.2. The number of nitrogens with one attached hydrogen (secondary N) is 1. The number of nitro groups is 1. The Morgan fingerprint density at radius 2 is 2.04 bits per heavy atom. The molecule has 0 aliphatic heterocycles. The van der Waals surface area contributed by atoms with Gasteiger partial charge in [0.05, 0.1) is 17.3 Å². The summed E-state index contributed by atoms with van der Waals surface area (Å²) in [7, 11) is 0. The predicted octanol–water partition coefficient (Wildman–Crippen LogP) is 3.77. The molecule has 0 bridgehead atoms. The molecule has 28 heavy (non-hydrogen) atoms. The van der Waals surface area contributed by atoms with E-state index in [1.165, 1.54) is 18.2 Å². The number of nitro benzene ring substituents is 1. The third-order valence-corrected chi connectivity index (χ3v) is 4.30. The number of carbonyl (C=O) groups excluding carboxylic acids is 1. The summed E-state index contributed by atoms with van der Waals surface area (Å²) in [6.45, 7) is 2.47. The molecular formula is C18H16N4O5S. The number of hydrogen-bond donors (Lipinski definition) is 1. The normalized spacial score (nSPS) is 10.5. The Bertz CT molecular complexity index is 974. The number of thioether (sulfide) groups is 1. The molecule has 0 saturated heterocycles. The van der Waals surface area contributed by atoms with Crippen LogP contribution in [0.25, 0.3) is 11.5 Å². The third kappa shape index (κ3) is 5.07. The first-order valence-corrected chi connectivity index (χ1v) is 9.27. The molecule has 3 rings (SSSR count). The molecule has 10 heteroatoms. The number of anilines is 1. The lowest BCUT2D eigenvalue weighted by Crippen LogP contribution is -2.13. The first-order valence-electron chi connectivity index (χ1n) is 8.29. The Morgan fingerprint density at radius 3 is 2.75 bits per heavy atom. The molecule has 1 heterocycles. The zero-order valence-electron chi connectivity index (χ0n) is 14.8. The van der Waals surface area contributed by atoms with E-state index in [9.17, 15) is 14.9 Å². The second-order valence-corrected chi connectivity index (χ2v) is 6.40. The number of rotatable bonds is 8. The molecule has 0 fully saturated rings. The Balaban J connectivity index is 1.56. The van der Waals surface area contributed by atoms with E-state index in [1.54, 1.807) is 30.3 Å². The van der Waals surface area contributed by atoms with Gasteiger partial charge in [-0.2, -0.15) is 0 Å². The summed E-state index contributed by atoms with van der Waals surface area (Å²) in [4.78, 5) is 22.4. The van der Waals surface area contributed by atoms with E-state index in [2.05, 4.69) is 15.5 Å². The first-order chi connectivity index (χ1) is 13.5. The SMILES string of the molecule is CCOc1ccc(NC(=O)CSc2nnc(-c3cccc([N+](=O)[O-])c3)o2)cc1. The summed E-state index contributed by atoms with van der Waals surface area (Å²) >= 11 is 1.07. The highest BCUT2D eigenvalue weighted by Gasteiger charge is 2.14. The Morgan fingerprint density at radius 1 is 1.25 bits per heavy atom. The van der Waals surface area contributed by atoms with Crippen molar-refractivity contribution >= 4 is 29.0 Å². The van der Waals surface area contributed by atoms with Crippen molar-refractivity contribution in [3.05, 3.63) is 58.6 Å². The van der Waals surface area contributed by atoms with E-state index in [1.807, 2.05) is 6.92 Å². The number of amides is 1. The number of benzene rings is 2. The highest BCUT2D eigenvalue weighted by atomic mass is 32.2. The quantitative estimate of drug-likeness (QED) is 0.345. The number of carbonyl (C=O) groups is 1. The average Bonchev–Trinajstić information content (AvgIpc) is 3.17. The molecule has 144 valence electrons. The van der Waals surface area contributed by atoms with Gasteiger partial charge in [0, 0.05) is 23.4 Å². The van der Waals surface area contributed by atoms with Crippen LogP contribution < -0.4 is 10.1 Å². The summed E-state index contributed by atoms with van der Waals surface area (Å²) < 4.78 is 10.8. The van der Waals surface area contributed by atoms with E-state index in [-0.39, 0.29) is 28.5 Å². The molecule has 1 N–H and O–H groups in total. The van der Waals surface area contributed by atoms with Crippen LogP contribution in [0.2, 0.25) is 0 Å². The molecule has 0 saturated carbocycles. The van der Waals surface area contributed by atoms with Crippen molar-refractivity contribution in [2.24, 2.45) is 0 Å². The lowest BCUT2D eigenvalue weighted by Gasteiger charge is -2.06. The summed E-state index contributed by atoms with van der Waals surface area (Å²) in [6.07, 6.45) is 0. The molecule has 0 unspecified atom stereocenters. The van der Waals surface area contributed by atoms with Gasteiger partial charge in [0.2, 0.25) is 11.8 Å². The molecule has 0 radical (unpaired) electrons. The topological polar surface area (TPSA) is 120 Å². The van der Waals surface area contributed by atoms with Gasteiger partial charge in [-0.25, -0.2) is 0 Å². The van der Waals surface area contributed by atoms with Crippen molar-refractivity contribution in [3.8, 4) is 17.2 Å². The minimum Gasteiger partial charge on any atom is -0.494 e. The molecule has 0 aliphatic carbocycles. The molecular weight excluding hydrogens is 384 g/mol. The van der Waals surface area contributed by atoms with Crippen molar-refractivity contribution in [2.45, 2.75) is 12.1 Å². The molecule has 0 aliphatic rings. The first kappa shape index (κ1) is 19.4. The number of nitrogens with zero attached hydrogens (tertiary/aromatic N) is 3. The molecule has 2 aromatic carbocycles. The third-order valence-electron chi connectivity index (χ3n) is 3.49. The highest BCUT2D eigenvalue weighted by molar-refractivity contribution is 7.99. The van der Waals surface area contributed by atoms with Gasteiger partial charge < -0.3 is 14.5 Å². The van der Waals surface area contributed by atoms with Gasteiger partial charge in [-0.15, -0.1) is 10.2 Å². The van der Waals surface area contributed by atoms with E-state index in [0.29, 0.717) is 17.9 Å². The van der Waals surface area contributed by atoms with E-state index < -0.39 is 4.92 Å².